The molecule has 0 bridgehead atoms. The predicted octanol–water partition coefficient (Wildman–Crippen LogP) is 1.21. The summed E-state index contributed by atoms with van der Waals surface area (Å²) in [6.45, 7) is 2.11. The minimum Gasteiger partial charge on any atom is -0.337 e. The first-order valence-corrected chi connectivity index (χ1v) is 4.30. The van der Waals surface area contributed by atoms with E-state index in [1.807, 2.05) is 12.5 Å². The molecule has 1 heterocycles. The summed E-state index contributed by atoms with van der Waals surface area (Å²) in [5, 5.41) is 0. The van der Waals surface area contributed by atoms with Crippen molar-refractivity contribution in [2.45, 2.75) is 13.0 Å². The molecule has 0 radical (unpaired) electrons. The van der Waals surface area contributed by atoms with Crippen molar-refractivity contribution < 1.29 is 0 Å². The van der Waals surface area contributed by atoms with Crippen LogP contribution in [0.25, 0.3) is 0 Å². The van der Waals surface area contributed by atoms with Gasteiger partial charge in [0, 0.05) is 48.3 Å². The molecule has 0 aromatic carbocycles. The van der Waals surface area contributed by atoms with Crippen LogP contribution in [-0.4, -0.2) is 16.1 Å². The van der Waals surface area contributed by atoms with Crippen molar-refractivity contribution in [3.05, 3.63) is 18.7 Å². The Morgan fingerprint density at radius 3 is 3.10 bits per heavy atom. The van der Waals surface area contributed by atoms with Crippen LogP contribution in [0.4, 0.5) is 0 Å². The molecule has 0 saturated carbocycles. The first-order chi connectivity index (χ1) is 4.93. The molecule has 56 valence electrons. The largest absolute Gasteiger partial charge is 0.337 e. The van der Waals surface area contributed by atoms with E-state index in [4.69, 9.17) is 0 Å². The van der Waals surface area contributed by atoms with Crippen molar-refractivity contribution in [1.82, 2.24) is 13.1 Å². The van der Waals surface area contributed by atoms with Crippen LogP contribution in [0.1, 0.15) is 6.42 Å². The number of halogens is 1. The van der Waals surface area contributed by atoms with Crippen LogP contribution in [0.5, 0.6) is 0 Å². The smallest absolute Gasteiger partial charge is 0.0945 e. The van der Waals surface area contributed by atoms with E-state index in [1.165, 1.54) is 0 Å². The van der Waals surface area contributed by atoms with E-state index in [-0.39, 0.29) is 0 Å². The van der Waals surface area contributed by atoms with E-state index in [2.05, 4.69) is 35.9 Å². The molecule has 4 heteroatoms. The van der Waals surface area contributed by atoms with Crippen molar-refractivity contribution in [3.63, 3.8) is 0 Å². The van der Waals surface area contributed by atoms with E-state index in [0.717, 1.165) is 19.5 Å². The van der Waals surface area contributed by atoms with E-state index < -0.39 is 0 Å². The highest BCUT2D eigenvalue weighted by atomic mass is 127. The highest BCUT2D eigenvalue weighted by Gasteiger charge is 1.87. The van der Waals surface area contributed by atoms with Gasteiger partial charge in [-0.2, -0.15) is 0 Å². The lowest BCUT2D eigenvalue weighted by molar-refractivity contribution is 0.643. The monoisotopic (exact) mass is 251 g/mol. The maximum Gasteiger partial charge on any atom is 0.0945 e. The third-order valence-corrected chi connectivity index (χ3v) is 1.79. The molecule has 0 amide bonds. The number of nitrogens with zero attached hydrogens (tertiary/aromatic N) is 2. The molecule has 0 saturated heterocycles. The summed E-state index contributed by atoms with van der Waals surface area (Å²) in [5.74, 6) is 0. The van der Waals surface area contributed by atoms with Crippen molar-refractivity contribution in [3.8, 4) is 0 Å². The number of nitrogens with one attached hydrogen (secondary N) is 1. The molecule has 0 spiro atoms. The Balaban J connectivity index is 2.15. The molecular formula is C6H10IN3. The lowest BCUT2D eigenvalue weighted by atomic mass is 10.4. The van der Waals surface area contributed by atoms with Gasteiger partial charge in [0.1, 0.15) is 0 Å². The number of imidazole rings is 1. The molecule has 10 heavy (non-hydrogen) atoms. The minimum atomic E-state index is 1.05. The summed E-state index contributed by atoms with van der Waals surface area (Å²) in [4.78, 5) is 3.94. The van der Waals surface area contributed by atoms with Crippen molar-refractivity contribution in [2.24, 2.45) is 0 Å². The Bertz CT molecular complexity index is 162. The van der Waals surface area contributed by atoms with Crippen LogP contribution >= 0.6 is 22.9 Å². The summed E-state index contributed by atoms with van der Waals surface area (Å²) < 4.78 is 5.14. The highest BCUT2D eigenvalue weighted by Crippen LogP contribution is 1.89. The molecule has 0 aliphatic heterocycles. The molecule has 0 unspecified atom stereocenters. The van der Waals surface area contributed by atoms with Gasteiger partial charge in [0.2, 0.25) is 0 Å². The SMILES string of the molecule is INCCCn1ccnc1. The summed E-state index contributed by atoms with van der Waals surface area (Å²) in [7, 11) is 0. The minimum absolute atomic E-state index is 1.05. The molecule has 0 aliphatic carbocycles. The van der Waals surface area contributed by atoms with Gasteiger partial charge in [-0.25, -0.2) is 4.98 Å². The number of aryl methyl sites for hydroxylation is 1. The Labute approximate surface area is 74.3 Å². The van der Waals surface area contributed by atoms with Gasteiger partial charge in [-0.1, -0.05) is 0 Å². The molecule has 3 nitrogen and oxygen atoms in total. The molecule has 1 rings (SSSR count). The van der Waals surface area contributed by atoms with Crippen LogP contribution < -0.4 is 3.53 Å². The molecule has 0 atom stereocenters. The van der Waals surface area contributed by atoms with E-state index in [1.54, 1.807) is 6.20 Å². The van der Waals surface area contributed by atoms with Gasteiger partial charge in [-0.3, -0.25) is 3.53 Å². The van der Waals surface area contributed by atoms with E-state index in [9.17, 15) is 0 Å². The van der Waals surface area contributed by atoms with Crippen molar-refractivity contribution >= 4 is 22.9 Å². The zero-order chi connectivity index (χ0) is 7.23. The maximum atomic E-state index is 3.94. The molecular weight excluding hydrogens is 241 g/mol. The van der Waals surface area contributed by atoms with Crippen molar-refractivity contribution in [1.29, 1.82) is 0 Å². The van der Waals surface area contributed by atoms with Crippen LogP contribution in [-0.2, 0) is 6.54 Å². The van der Waals surface area contributed by atoms with Gasteiger partial charge in [0.15, 0.2) is 0 Å². The van der Waals surface area contributed by atoms with Crippen molar-refractivity contribution in [2.75, 3.05) is 6.54 Å². The van der Waals surface area contributed by atoms with Crippen LogP contribution in [0.2, 0.25) is 0 Å². The molecule has 1 aromatic rings. The Morgan fingerprint density at radius 1 is 1.60 bits per heavy atom. The van der Waals surface area contributed by atoms with E-state index >= 15 is 0 Å². The van der Waals surface area contributed by atoms with Crippen LogP contribution in [0, 0.1) is 0 Å². The average Bonchev–Trinajstić information content (AvgIpc) is 2.41. The number of hydrogen-bond acceptors (Lipinski definition) is 2. The third-order valence-electron chi connectivity index (χ3n) is 1.25. The predicted molar refractivity (Wildman–Crippen MR) is 48.9 cm³/mol. The molecule has 0 fully saturated rings. The summed E-state index contributed by atoms with van der Waals surface area (Å²) in [6, 6.07) is 0. The quantitative estimate of drug-likeness (QED) is 0.495. The molecule has 1 N–H and O–H groups in total. The maximum absolute atomic E-state index is 3.94. The van der Waals surface area contributed by atoms with Gasteiger partial charge >= 0.3 is 0 Å². The number of aromatic nitrogens is 2. The first-order valence-electron chi connectivity index (χ1n) is 3.22. The fourth-order valence-corrected chi connectivity index (χ4v) is 1.13. The van der Waals surface area contributed by atoms with Gasteiger partial charge in [-0.05, 0) is 6.42 Å². The fraction of sp³-hybridized carbons (Fsp3) is 0.500. The second-order valence-corrected chi connectivity index (χ2v) is 2.80. The van der Waals surface area contributed by atoms with Crippen LogP contribution in [0.15, 0.2) is 18.7 Å². The zero-order valence-electron chi connectivity index (χ0n) is 5.63. The second kappa shape index (κ2) is 4.68. The second-order valence-electron chi connectivity index (χ2n) is 2.04. The first kappa shape index (κ1) is 8.00. The van der Waals surface area contributed by atoms with E-state index in [0.29, 0.717) is 0 Å². The average molecular weight is 251 g/mol. The Morgan fingerprint density at radius 2 is 2.50 bits per heavy atom. The third kappa shape index (κ3) is 2.66. The summed E-state index contributed by atoms with van der Waals surface area (Å²) >= 11 is 2.15. The molecule has 0 aliphatic rings. The Hall–Kier alpha value is -0.100. The highest BCUT2D eigenvalue weighted by molar-refractivity contribution is 14.1. The van der Waals surface area contributed by atoms with Gasteiger partial charge in [-0.15, -0.1) is 0 Å². The van der Waals surface area contributed by atoms with Gasteiger partial charge in [0.05, 0.1) is 6.33 Å². The van der Waals surface area contributed by atoms with Gasteiger partial charge in [0.25, 0.3) is 0 Å². The Kier molecular flexibility index (Phi) is 3.74. The lowest BCUT2D eigenvalue weighted by Gasteiger charge is -1.98. The summed E-state index contributed by atoms with van der Waals surface area (Å²) in [5.41, 5.74) is 0. The standard InChI is InChI=1S/C6H10IN3/c7-9-2-1-4-10-5-3-8-6-10/h3,5-6,9H,1-2,4H2. The lowest BCUT2D eigenvalue weighted by Crippen LogP contribution is -2.04. The topological polar surface area (TPSA) is 29.9 Å². The fourth-order valence-electron chi connectivity index (χ4n) is 0.747. The number of rotatable bonds is 4. The van der Waals surface area contributed by atoms with Gasteiger partial charge < -0.3 is 4.57 Å². The summed E-state index contributed by atoms with van der Waals surface area (Å²) in [6.07, 6.45) is 6.77. The van der Waals surface area contributed by atoms with Crippen LogP contribution in [0.3, 0.4) is 0 Å². The number of hydrogen-bond donors (Lipinski definition) is 1. The normalized spacial score (nSPS) is 10.1. The zero-order valence-corrected chi connectivity index (χ0v) is 7.78. The molecule has 1 aromatic heterocycles.